The number of ether oxygens (including phenoxy) is 1. The van der Waals surface area contributed by atoms with Gasteiger partial charge in [-0.3, -0.25) is 14.0 Å². The molecule has 0 saturated carbocycles. The largest absolute Gasteiger partial charge is 0.481 e. The van der Waals surface area contributed by atoms with Crippen LogP contribution in [0.1, 0.15) is 0 Å². The first-order chi connectivity index (χ1) is 9.20. The Labute approximate surface area is 114 Å². The second-order valence-corrected chi connectivity index (χ2v) is 4.66. The Kier molecular flexibility index (Phi) is 4.58. The van der Waals surface area contributed by atoms with E-state index in [9.17, 15) is 4.79 Å². The number of carboxylic acid groups (broad SMARTS) is 1. The third kappa shape index (κ3) is 3.58. The van der Waals surface area contributed by atoms with Crippen molar-refractivity contribution in [1.82, 2.24) is 19.3 Å². The lowest BCUT2D eigenvalue weighted by Gasteiger charge is -2.03. The Morgan fingerprint density at radius 1 is 1.58 bits per heavy atom. The van der Waals surface area contributed by atoms with Gasteiger partial charge in [-0.15, -0.1) is 0 Å². The van der Waals surface area contributed by atoms with Gasteiger partial charge in [0.15, 0.2) is 5.16 Å². The van der Waals surface area contributed by atoms with Gasteiger partial charge in [0.25, 0.3) is 0 Å². The molecule has 0 aromatic carbocycles. The van der Waals surface area contributed by atoms with E-state index < -0.39 is 5.97 Å². The third-order valence-corrected chi connectivity index (χ3v) is 3.31. The van der Waals surface area contributed by atoms with Crippen LogP contribution in [0.25, 0.3) is 5.69 Å². The van der Waals surface area contributed by atoms with Crippen LogP contribution < -0.4 is 0 Å². The summed E-state index contributed by atoms with van der Waals surface area (Å²) in [7, 11) is 1.64. The molecule has 0 atom stereocenters. The van der Waals surface area contributed by atoms with Gasteiger partial charge in [0, 0.05) is 25.7 Å². The van der Waals surface area contributed by atoms with Gasteiger partial charge in [0.1, 0.15) is 0 Å². The summed E-state index contributed by atoms with van der Waals surface area (Å²) in [4.78, 5) is 14.7. The number of aliphatic carboxylic acids is 1. The molecule has 0 radical (unpaired) electrons. The molecular formula is C11H14N4O3S. The number of carboxylic acids is 1. The van der Waals surface area contributed by atoms with E-state index in [1.807, 2.05) is 10.8 Å². The molecule has 2 aromatic rings. The Hall–Kier alpha value is -1.80. The molecule has 8 heteroatoms. The highest BCUT2D eigenvalue weighted by Crippen LogP contribution is 2.19. The minimum absolute atomic E-state index is 0.0190. The topological polar surface area (TPSA) is 82.2 Å². The number of hydrogen-bond acceptors (Lipinski definition) is 5. The Morgan fingerprint density at radius 2 is 2.42 bits per heavy atom. The highest BCUT2D eigenvalue weighted by Gasteiger charge is 2.09. The third-order valence-electron chi connectivity index (χ3n) is 2.35. The Balaban J connectivity index is 2.10. The fourth-order valence-corrected chi connectivity index (χ4v) is 2.20. The van der Waals surface area contributed by atoms with E-state index in [4.69, 9.17) is 9.84 Å². The number of carbonyl (C=O) groups is 1. The minimum Gasteiger partial charge on any atom is -0.481 e. The van der Waals surface area contributed by atoms with Crippen LogP contribution >= 0.6 is 11.8 Å². The van der Waals surface area contributed by atoms with Crippen molar-refractivity contribution in [3.8, 4) is 5.69 Å². The Morgan fingerprint density at radius 3 is 3.16 bits per heavy atom. The summed E-state index contributed by atoms with van der Waals surface area (Å²) in [6.07, 6.45) is 6.99. The van der Waals surface area contributed by atoms with Crippen LogP contribution in [-0.4, -0.2) is 49.9 Å². The zero-order valence-electron chi connectivity index (χ0n) is 10.4. The second kappa shape index (κ2) is 6.39. The zero-order chi connectivity index (χ0) is 13.7. The number of aromatic nitrogens is 4. The second-order valence-electron chi connectivity index (χ2n) is 3.72. The van der Waals surface area contributed by atoms with Crippen LogP contribution in [0.4, 0.5) is 0 Å². The summed E-state index contributed by atoms with van der Waals surface area (Å²) in [6.45, 7) is 1.26. The highest BCUT2D eigenvalue weighted by atomic mass is 32.2. The molecule has 2 rings (SSSR count). The number of imidazole rings is 1. The maximum Gasteiger partial charge on any atom is 0.313 e. The van der Waals surface area contributed by atoms with Crippen molar-refractivity contribution in [3.05, 3.63) is 24.8 Å². The molecule has 0 saturated heterocycles. The molecule has 1 N–H and O–H groups in total. The van der Waals surface area contributed by atoms with Crippen molar-refractivity contribution in [2.75, 3.05) is 19.5 Å². The molecule has 0 fully saturated rings. The van der Waals surface area contributed by atoms with Gasteiger partial charge in [0.2, 0.25) is 0 Å². The van der Waals surface area contributed by atoms with Gasteiger partial charge in [-0.1, -0.05) is 11.8 Å². The summed E-state index contributed by atoms with van der Waals surface area (Å²) < 4.78 is 8.56. The summed E-state index contributed by atoms with van der Waals surface area (Å²) in [5, 5.41) is 13.5. The number of thioether (sulfide) groups is 1. The molecule has 0 amide bonds. The lowest BCUT2D eigenvalue weighted by molar-refractivity contribution is -0.133. The molecule has 19 heavy (non-hydrogen) atoms. The van der Waals surface area contributed by atoms with Crippen LogP contribution in [-0.2, 0) is 16.1 Å². The van der Waals surface area contributed by atoms with E-state index in [1.165, 1.54) is 11.8 Å². The number of rotatable bonds is 7. The predicted octanol–water partition coefficient (Wildman–Crippen LogP) is 0.892. The maximum absolute atomic E-state index is 10.6. The van der Waals surface area contributed by atoms with Gasteiger partial charge in [-0.2, -0.15) is 5.10 Å². The number of methoxy groups -OCH3 is 1. The fraction of sp³-hybridized carbons (Fsp3) is 0.364. The molecule has 0 aliphatic rings. The van der Waals surface area contributed by atoms with Gasteiger partial charge >= 0.3 is 5.97 Å². The molecule has 0 aliphatic heterocycles. The van der Waals surface area contributed by atoms with Crippen molar-refractivity contribution >= 4 is 17.7 Å². The molecular weight excluding hydrogens is 268 g/mol. The summed E-state index contributed by atoms with van der Waals surface area (Å²) in [6, 6.07) is 0. The number of nitrogens with zero attached hydrogens (tertiary/aromatic N) is 4. The van der Waals surface area contributed by atoms with E-state index in [1.54, 1.807) is 30.4 Å². The normalized spacial score (nSPS) is 10.8. The standard InChI is InChI=1S/C11H14N4O3S/c1-18-5-4-14-7-9(6-13-14)15-3-2-12-11(15)19-8-10(16)17/h2-3,6-7H,4-5,8H2,1H3,(H,16,17). The van der Waals surface area contributed by atoms with Gasteiger partial charge in [-0.05, 0) is 0 Å². The fourth-order valence-electron chi connectivity index (χ4n) is 1.50. The molecule has 102 valence electrons. The van der Waals surface area contributed by atoms with E-state index in [2.05, 4.69) is 10.1 Å². The average Bonchev–Trinajstić information content (AvgIpc) is 3.02. The lowest BCUT2D eigenvalue weighted by atomic mass is 10.5. The van der Waals surface area contributed by atoms with Gasteiger partial charge < -0.3 is 9.84 Å². The maximum atomic E-state index is 10.6. The molecule has 2 heterocycles. The predicted molar refractivity (Wildman–Crippen MR) is 69.6 cm³/mol. The van der Waals surface area contributed by atoms with Gasteiger partial charge in [-0.25, -0.2) is 4.98 Å². The average molecular weight is 282 g/mol. The summed E-state index contributed by atoms with van der Waals surface area (Å²) >= 11 is 1.17. The number of hydrogen-bond donors (Lipinski definition) is 1. The van der Waals surface area contributed by atoms with Crippen LogP contribution in [0.15, 0.2) is 29.9 Å². The molecule has 0 bridgehead atoms. The highest BCUT2D eigenvalue weighted by molar-refractivity contribution is 7.99. The summed E-state index contributed by atoms with van der Waals surface area (Å²) in [5.74, 6) is -0.884. The smallest absolute Gasteiger partial charge is 0.313 e. The first-order valence-corrected chi connectivity index (χ1v) is 6.59. The van der Waals surface area contributed by atoms with Crippen LogP contribution in [0, 0.1) is 0 Å². The van der Waals surface area contributed by atoms with Crippen LogP contribution in [0.2, 0.25) is 0 Å². The molecule has 7 nitrogen and oxygen atoms in total. The van der Waals surface area contributed by atoms with E-state index >= 15 is 0 Å². The van der Waals surface area contributed by atoms with Crippen molar-refractivity contribution in [3.63, 3.8) is 0 Å². The molecule has 0 aliphatic carbocycles. The quantitative estimate of drug-likeness (QED) is 0.760. The lowest BCUT2D eigenvalue weighted by Crippen LogP contribution is -2.04. The van der Waals surface area contributed by atoms with E-state index in [0.29, 0.717) is 18.3 Å². The van der Waals surface area contributed by atoms with E-state index in [0.717, 1.165) is 5.69 Å². The van der Waals surface area contributed by atoms with Crippen molar-refractivity contribution < 1.29 is 14.6 Å². The van der Waals surface area contributed by atoms with Crippen LogP contribution in [0.3, 0.4) is 0 Å². The van der Waals surface area contributed by atoms with Crippen molar-refractivity contribution in [2.24, 2.45) is 0 Å². The summed E-state index contributed by atoms with van der Waals surface area (Å²) in [5.41, 5.74) is 0.849. The zero-order valence-corrected chi connectivity index (χ0v) is 11.2. The molecule has 0 unspecified atom stereocenters. The minimum atomic E-state index is -0.865. The molecule has 0 spiro atoms. The monoisotopic (exact) mass is 282 g/mol. The first-order valence-electron chi connectivity index (χ1n) is 5.60. The first kappa shape index (κ1) is 13.6. The van der Waals surface area contributed by atoms with E-state index in [-0.39, 0.29) is 5.75 Å². The Bertz CT molecular complexity index is 552. The van der Waals surface area contributed by atoms with Crippen molar-refractivity contribution in [1.29, 1.82) is 0 Å². The van der Waals surface area contributed by atoms with Gasteiger partial charge in [0.05, 0.1) is 30.8 Å². The van der Waals surface area contributed by atoms with Crippen molar-refractivity contribution in [2.45, 2.75) is 11.7 Å². The molecule has 2 aromatic heterocycles. The van der Waals surface area contributed by atoms with Crippen LogP contribution in [0.5, 0.6) is 0 Å². The SMILES string of the molecule is COCCn1cc(-n2ccnc2SCC(=O)O)cn1.